The summed E-state index contributed by atoms with van der Waals surface area (Å²) in [5.74, 6) is 0.341. The summed E-state index contributed by atoms with van der Waals surface area (Å²) in [6, 6.07) is 0. The number of aliphatic hydroxyl groups is 3. The normalized spacial score (nSPS) is 44.8. The van der Waals surface area contributed by atoms with E-state index in [0.29, 0.717) is 11.3 Å². The maximum atomic E-state index is 10.3. The van der Waals surface area contributed by atoms with Crippen LogP contribution in [0.5, 0.6) is 0 Å². The fraction of sp³-hybridized carbons (Fsp3) is 0.905. The Hall–Kier alpha value is -0.460. The van der Waals surface area contributed by atoms with Crippen LogP contribution in [0.1, 0.15) is 73.1 Å². The summed E-state index contributed by atoms with van der Waals surface area (Å²) in [4.78, 5) is 0. The van der Waals surface area contributed by atoms with Crippen molar-refractivity contribution in [2.24, 2.45) is 11.3 Å². The average molecular weight is 369 g/mol. The van der Waals surface area contributed by atoms with Crippen LogP contribution < -0.4 is 0 Å². The van der Waals surface area contributed by atoms with Crippen molar-refractivity contribution in [1.29, 1.82) is 0 Å². The molecule has 26 heavy (non-hydrogen) atoms. The maximum Gasteiger partial charge on any atom is 0.187 e. The summed E-state index contributed by atoms with van der Waals surface area (Å²) in [6.45, 7) is 10.5. The van der Waals surface area contributed by atoms with E-state index in [2.05, 4.69) is 27.7 Å². The number of allylic oxidation sites excluding steroid dienone is 2. The van der Waals surface area contributed by atoms with Gasteiger partial charge in [0.15, 0.2) is 6.29 Å². The van der Waals surface area contributed by atoms with Crippen LogP contribution in [-0.2, 0) is 9.47 Å². The number of ether oxygens (including phenoxy) is 2. The summed E-state index contributed by atoms with van der Waals surface area (Å²) in [6.07, 6.45) is 1.95. The van der Waals surface area contributed by atoms with Gasteiger partial charge in [-0.1, -0.05) is 18.1 Å². The van der Waals surface area contributed by atoms with E-state index < -0.39 is 36.3 Å². The van der Waals surface area contributed by atoms with Crippen LogP contribution in [-0.4, -0.2) is 51.6 Å². The summed E-state index contributed by atoms with van der Waals surface area (Å²) < 4.78 is 11.9. The van der Waals surface area contributed by atoms with Gasteiger partial charge in [-0.2, -0.15) is 0 Å². The Kier molecular flexibility index (Phi) is 5.59. The molecule has 2 aliphatic carbocycles. The smallest absolute Gasteiger partial charge is 0.187 e. The van der Waals surface area contributed by atoms with Gasteiger partial charge in [0.25, 0.3) is 0 Å². The molecule has 3 aliphatic rings. The molecule has 5 heteroatoms. The molecule has 0 aromatic carbocycles. The highest BCUT2D eigenvalue weighted by Gasteiger charge is 2.48. The molecule has 1 saturated heterocycles. The van der Waals surface area contributed by atoms with Crippen LogP contribution in [0.25, 0.3) is 0 Å². The zero-order valence-electron chi connectivity index (χ0n) is 16.9. The molecule has 0 radical (unpaired) electrons. The Bertz CT molecular complexity index is 557. The second kappa shape index (κ2) is 7.17. The first kappa shape index (κ1) is 20.3. The minimum atomic E-state index is -1.25. The quantitative estimate of drug-likeness (QED) is 0.668. The van der Waals surface area contributed by atoms with E-state index in [1.165, 1.54) is 25.7 Å². The van der Waals surface area contributed by atoms with Gasteiger partial charge in [-0.25, -0.2) is 0 Å². The van der Waals surface area contributed by atoms with Crippen LogP contribution in [0.15, 0.2) is 11.1 Å². The topological polar surface area (TPSA) is 79.2 Å². The molecule has 2 fully saturated rings. The number of fused-ring (bicyclic) bond motifs is 1. The van der Waals surface area contributed by atoms with Crippen LogP contribution in [0.3, 0.4) is 0 Å². The lowest BCUT2D eigenvalue weighted by atomic mass is 9.59. The Labute approximate surface area is 157 Å². The predicted octanol–water partition coefficient (Wildman–Crippen LogP) is 2.92. The SMILES string of the molecule is CC1=C2C[C@H](C(C)(C)O[C@@H]3O[C@@H](C)[C@H](O)[C@@H](O)[C@@H]3O)CC[C@@]2(C)CCC1. The summed E-state index contributed by atoms with van der Waals surface area (Å²) in [7, 11) is 0. The van der Waals surface area contributed by atoms with Gasteiger partial charge in [0.1, 0.15) is 18.3 Å². The maximum absolute atomic E-state index is 10.3. The largest absolute Gasteiger partial charge is 0.388 e. The molecule has 0 unspecified atom stereocenters. The highest BCUT2D eigenvalue weighted by Crippen LogP contribution is 2.53. The van der Waals surface area contributed by atoms with E-state index >= 15 is 0 Å². The molecular weight excluding hydrogens is 332 g/mol. The highest BCUT2D eigenvalue weighted by atomic mass is 16.7. The Balaban J connectivity index is 1.72. The van der Waals surface area contributed by atoms with Crippen molar-refractivity contribution in [1.82, 2.24) is 0 Å². The van der Waals surface area contributed by atoms with Gasteiger partial charge in [0, 0.05) is 0 Å². The first-order chi connectivity index (χ1) is 12.0. The molecule has 1 saturated carbocycles. The van der Waals surface area contributed by atoms with Gasteiger partial charge in [-0.3, -0.25) is 0 Å². The van der Waals surface area contributed by atoms with Gasteiger partial charge in [-0.15, -0.1) is 0 Å². The lowest BCUT2D eigenvalue weighted by Crippen LogP contribution is -2.59. The van der Waals surface area contributed by atoms with Gasteiger partial charge in [0.2, 0.25) is 0 Å². The van der Waals surface area contributed by atoms with Gasteiger partial charge < -0.3 is 24.8 Å². The second-order valence-corrected chi connectivity index (χ2v) is 9.52. The first-order valence-electron chi connectivity index (χ1n) is 10.1. The van der Waals surface area contributed by atoms with Gasteiger partial charge in [0.05, 0.1) is 11.7 Å². The molecule has 1 aliphatic heterocycles. The average Bonchev–Trinajstić information content (AvgIpc) is 2.57. The zero-order chi connectivity index (χ0) is 19.3. The highest BCUT2D eigenvalue weighted by molar-refractivity contribution is 5.26. The first-order valence-corrected chi connectivity index (χ1v) is 10.1. The Morgan fingerprint density at radius 3 is 2.50 bits per heavy atom. The van der Waals surface area contributed by atoms with Crippen molar-refractivity contribution >= 4 is 0 Å². The molecule has 3 rings (SSSR count). The van der Waals surface area contributed by atoms with E-state index in [-0.39, 0.29) is 0 Å². The van der Waals surface area contributed by atoms with Crippen LogP contribution in [0, 0.1) is 11.3 Å². The van der Waals surface area contributed by atoms with Crippen LogP contribution in [0.4, 0.5) is 0 Å². The fourth-order valence-corrected chi connectivity index (χ4v) is 5.20. The van der Waals surface area contributed by atoms with Gasteiger partial charge >= 0.3 is 0 Å². The van der Waals surface area contributed by atoms with Crippen molar-refractivity contribution in [3.8, 4) is 0 Å². The molecule has 7 atom stereocenters. The summed E-state index contributed by atoms with van der Waals surface area (Å²) >= 11 is 0. The van der Waals surface area contributed by atoms with Crippen molar-refractivity contribution < 1.29 is 24.8 Å². The molecule has 0 amide bonds. The minimum Gasteiger partial charge on any atom is -0.388 e. The fourth-order valence-electron chi connectivity index (χ4n) is 5.20. The van der Waals surface area contributed by atoms with Crippen molar-refractivity contribution in [3.05, 3.63) is 11.1 Å². The third kappa shape index (κ3) is 3.61. The zero-order valence-corrected chi connectivity index (χ0v) is 16.9. The predicted molar refractivity (Wildman–Crippen MR) is 99.5 cm³/mol. The molecule has 1 heterocycles. The van der Waals surface area contributed by atoms with E-state index in [4.69, 9.17) is 9.47 Å². The number of hydrogen-bond acceptors (Lipinski definition) is 5. The molecule has 0 aromatic rings. The van der Waals surface area contributed by atoms with Crippen LogP contribution >= 0.6 is 0 Å². The van der Waals surface area contributed by atoms with E-state index in [1.54, 1.807) is 18.1 Å². The van der Waals surface area contributed by atoms with Crippen molar-refractivity contribution in [3.63, 3.8) is 0 Å². The standard InChI is InChI=1S/C21H36O5/c1-12-7-6-9-21(5)10-8-14(11-15(12)21)20(3,4)26-19-18(24)17(23)16(22)13(2)25-19/h13-14,16-19,22-24H,6-11H2,1-5H3/t13-,14+,16-,17+,18-,19-,21+/m0/s1. The molecule has 0 aromatic heterocycles. The minimum absolute atomic E-state index is 0.338. The number of hydrogen-bond donors (Lipinski definition) is 3. The van der Waals surface area contributed by atoms with Gasteiger partial charge in [-0.05, 0) is 77.6 Å². The lowest BCUT2D eigenvalue weighted by molar-refractivity contribution is -0.323. The second-order valence-electron chi connectivity index (χ2n) is 9.52. The Morgan fingerprint density at radius 2 is 1.81 bits per heavy atom. The molecular formula is C21H36O5. The third-order valence-corrected chi connectivity index (χ3v) is 7.23. The summed E-state index contributed by atoms with van der Waals surface area (Å²) in [5.41, 5.74) is 3.00. The molecule has 0 bridgehead atoms. The van der Waals surface area contributed by atoms with Crippen molar-refractivity contribution in [2.75, 3.05) is 0 Å². The number of aliphatic hydroxyl groups excluding tert-OH is 3. The molecule has 3 N–H and O–H groups in total. The monoisotopic (exact) mass is 368 g/mol. The molecule has 0 spiro atoms. The molecule has 5 nitrogen and oxygen atoms in total. The molecule has 150 valence electrons. The Morgan fingerprint density at radius 1 is 1.12 bits per heavy atom. The van der Waals surface area contributed by atoms with E-state index in [0.717, 1.165) is 12.8 Å². The van der Waals surface area contributed by atoms with E-state index in [1.807, 2.05) is 0 Å². The van der Waals surface area contributed by atoms with Crippen LogP contribution in [0.2, 0.25) is 0 Å². The van der Waals surface area contributed by atoms with Crippen molar-refractivity contribution in [2.45, 2.75) is 109 Å². The number of rotatable bonds is 3. The lowest BCUT2D eigenvalue weighted by Gasteiger charge is -2.49. The third-order valence-electron chi connectivity index (χ3n) is 7.23. The summed E-state index contributed by atoms with van der Waals surface area (Å²) in [5, 5.41) is 30.2. The van der Waals surface area contributed by atoms with E-state index in [9.17, 15) is 15.3 Å².